The number of likely N-dealkylation sites (tertiary alicyclic amines) is 1. The number of ether oxygens (including phenoxy) is 2. The van der Waals surface area contributed by atoms with E-state index in [4.69, 9.17) is 9.47 Å². The maximum atomic E-state index is 12.6. The Morgan fingerprint density at radius 2 is 2.03 bits per heavy atom. The van der Waals surface area contributed by atoms with Crippen LogP contribution in [0.4, 0.5) is 5.69 Å². The lowest BCUT2D eigenvalue weighted by atomic mass is 9.84. The zero-order valence-corrected chi connectivity index (χ0v) is 20.4. The first kappa shape index (κ1) is 24.7. The van der Waals surface area contributed by atoms with Crippen molar-refractivity contribution in [1.29, 1.82) is 0 Å². The maximum absolute atomic E-state index is 12.6. The van der Waals surface area contributed by atoms with Crippen LogP contribution in [-0.4, -0.2) is 77.9 Å². The number of nitrogens with zero attached hydrogens (tertiary/aromatic N) is 2. The van der Waals surface area contributed by atoms with E-state index in [1.165, 1.54) is 25.5 Å². The van der Waals surface area contributed by atoms with E-state index in [2.05, 4.69) is 20.5 Å². The molecule has 9 heteroatoms. The van der Waals surface area contributed by atoms with E-state index < -0.39 is 6.10 Å². The average molecular weight is 495 g/mol. The van der Waals surface area contributed by atoms with Gasteiger partial charge in [0.2, 0.25) is 5.91 Å². The predicted molar refractivity (Wildman–Crippen MR) is 134 cm³/mol. The lowest BCUT2D eigenvalue weighted by molar-refractivity contribution is -0.142. The molecule has 0 aliphatic carbocycles. The Morgan fingerprint density at radius 3 is 2.81 bits per heavy atom. The third-order valence-electron chi connectivity index (χ3n) is 7.29. The Labute approximate surface area is 211 Å². The number of carbonyl (C=O) groups is 2. The molecule has 9 nitrogen and oxygen atoms in total. The number of anilines is 1. The number of hydrogen-bond acceptors (Lipinski definition) is 7. The van der Waals surface area contributed by atoms with Crippen LogP contribution >= 0.6 is 0 Å². The van der Waals surface area contributed by atoms with Crippen molar-refractivity contribution in [3.8, 4) is 5.75 Å². The molecular weight excluding hydrogens is 460 g/mol. The SMILES string of the molecule is O=C(C[C@H]1C[C@H]2c3cc(NC(=O)c4cccnc4)ccc3O[C@H]2[C@H](CO)O1)NCCN1CCCCC1. The third-order valence-corrected chi connectivity index (χ3v) is 7.29. The van der Waals surface area contributed by atoms with Gasteiger partial charge in [0, 0.05) is 42.7 Å². The van der Waals surface area contributed by atoms with Crippen molar-refractivity contribution >= 4 is 17.5 Å². The van der Waals surface area contributed by atoms with Crippen LogP contribution in [0.5, 0.6) is 5.75 Å². The van der Waals surface area contributed by atoms with E-state index in [9.17, 15) is 14.7 Å². The fourth-order valence-corrected chi connectivity index (χ4v) is 5.48. The summed E-state index contributed by atoms with van der Waals surface area (Å²) < 4.78 is 12.2. The zero-order valence-electron chi connectivity index (χ0n) is 20.4. The second-order valence-corrected chi connectivity index (χ2v) is 9.81. The minimum absolute atomic E-state index is 0.0349. The number of aliphatic hydroxyl groups is 1. The van der Waals surface area contributed by atoms with E-state index in [0.29, 0.717) is 24.2 Å². The van der Waals surface area contributed by atoms with Gasteiger partial charge in [-0.2, -0.15) is 0 Å². The van der Waals surface area contributed by atoms with E-state index in [0.717, 1.165) is 30.9 Å². The number of aromatic nitrogens is 1. The number of amides is 2. The molecule has 3 N–H and O–H groups in total. The molecule has 0 bridgehead atoms. The average Bonchev–Trinajstić information content (AvgIpc) is 3.27. The van der Waals surface area contributed by atoms with Gasteiger partial charge in [-0.25, -0.2) is 0 Å². The minimum atomic E-state index is -0.518. The van der Waals surface area contributed by atoms with Gasteiger partial charge >= 0.3 is 0 Å². The molecule has 3 aliphatic rings. The van der Waals surface area contributed by atoms with Gasteiger partial charge in [0.1, 0.15) is 18.0 Å². The van der Waals surface area contributed by atoms with Gasteiger partial charge in [-0.3, -0.25) is 14.6 Å². The Hall–Kier alpha value is -3.01. The smallest absolute Gasteiger partial charge is 0.257 e. The number of pyridine rings is 1. The quantitative estimate of drug-likeness (QED) is 0.516. The molecule has 0 unspecified atom stereocenters. The molecule has 5 rings (SSSR count). The van der Waals surface area contributed by atoms with Crippen LogP contribution in [0.1, 0.15) is 53.9 Å². The number of nitrogens with one attached hydrogen (secondary N) is 2. The summed E-state index contributed by atoms with van der Waals surface area (Å²) in [5.41, 5.74) is 2.09. The molecule has 1 aromatic carbocycles. The van der Waals surface area contributed by atoms with Crippen molar-refractivity contribution in [2.75, 3.05) is 38.1 Å². The number of carbonyl (C=O) groups excluding carboxylic acids is 2. The Kier molecular flexibility index (Phi) is 7.79. The minimum Gasteiger partial charge on any atom is -0.487 e. The summed E-state index contributed by atoms with van der Waals surface area (Å²) in [4.78, 5) is 31.6. The molecule has 3 aliphatic heterocycles. The second kappa shape index (κ2) is 11.4. The van der Waals surface area contributed by atoms with E-state index in [-0.39, 0.29) is 43.0 Å². The summed E-state index contributed by atoms with van der Waals surface area (Å²) in [7, 11) is 0. The standard InChI is InChI=1S/C27H34N4O5/c32-17-24-26-22(14-20(35-24)15-25(33)29-9-12-31-10-2-1-3-11-31)21-13-19(6-7-23(21)36-26)30-27(34)18-5-4-8-28-16-18/h4-8,13,16,20,22,24,26,32H,1-3,9-12,14-15,17H2,(H,29,33)(H,30,34)/t20-,22+,24+,26-/m1/s1. The molecule has 2 fully saturated rings. The maximum Gasteiger partial charge on any atom is 0.257 e. The fourth-order valence-electron chi connectivity index (χ4n) is 5.48. The molecule has 1 aromatic heterocycles. The highest BCUT2D eigenvalue weighted by molar-refractivity contribution is 6.04. The third kappa shape index (κ3) is 5.69. The zero-order chi connectivity index (χ0) is 24.9. The van der Waals surface area contributed by atoms with Crippen LogP contribution in [0.15, 0.2) is 42.7 Å². The molecule has 4 atom stereocenters. The molecule has 0 radical (unpaired) electrons. The Morgan fingerprint density at radius 1 is 1.17 bits per heavy atom. The summed E-state index contributed by atoms with van der Waals surface area (Å²) in [5, 5.41) is 15.9. The second-order valence-electron chi connectivity index (χ2n) is 9.81. The van der Waals surface area contributed by atoms with Crippen LogP contribution in [0, 0.1) is 0 Å². The number of fused-ring (bicyclic) bond motifs is 3. The van der Waals surface area contributed by atoms with Crippen LogP contribution < -0.4 is 15.4 Å². The van der Waals surface area contributed by atoms with E-state index in [1.54, 1.807) is 24.4 Å². The molecule has 4 heterocycles. The highest BCUT2D eigenvalue weighted by Gasteiger charge is 2.46. The molecule has 36 heavy (non-hydrogen) atoms. The molecule has 0 spiro atoms. The van der Waals surface area contributed by atoms with E-state index >= 15 is 0 Å². The Balaban J connectivity index is 1.20. The first-order valence-electron chi connectivity index (χ1n) is 12.9. The van der Waals surface area contributed by atoms with Gasteiger partial charge in [0.25, 0.3) is 5.91 Å². The molecule has 2 saturated heterocycles. The fraction of sp³-hybridized carbons (Fsp3) is 0.519. The summed E-state index contributed by atoms with van der Waals surface area (Å²) in [6.45, 7) is 3.52. The van der Waals surface area contributed by atoms with Crippen LogP contribution in [0.2, 0.25) is 0 Å². The highest BCUT2D eigenvalue weighted by atomic mass is 16.6. The lowest BCUT2D eigenvalue weighted by Crippen LogP contribution is -2.47. The first-order valence-corrected chi connectivity index (χ1v) is 12.9. The normalized spacial score (nSPS) is 25.4. The van der Waals surface area contributed by atoms with Gasteiger partial charge in [-0.15, -0.1) is 0 Å². The van der Waals surface area contributed by atoms with Gasteiger partial charge < -0.3 is 30.1 Å². The van der Waals surface area contributed by atoms with Crippen LogP contribution in [-0.2, 0) is 9.53 Å². The molecule has 2 amide bonds. The number of aliphatic hydroxyl groups excluding tert-OH is 1. The van der Waals surface area contributed by atoms with Crippen molar-refractivity contribution in [1.82, 2.24) is 15.2 Å². The van der Waals surface area contributed by atoms with Crippen molar-refractivity contribution in [3.05, 3.63) is 53.9 Å². The molecule has 192 valence electrons. The summed E-state index contributed by atoms with van der Waals surface area (Å²) in [6.07, 6.45) is 6.58. The van der Waals surface area contributed by atoms with Crippen molar-refractivity contribution in [2.45, 2.75) is 56.3 Å². The molecule has 0 saturated carbocycles. The largest absolute Gasteiger partial charge is 0.487 e. The lowest BCUT2D eigenvalue weighted by Gasteiger charge is -2.37. The predicted octanol–water partition coefficient (Wildman–Crippen LogP) is 2.32. The topological polar surface area (TPSA) is 113 Å². The van der Waals surface area contributed by atoms with E-state index in [1.807, 2.05) is 12.1 Å². The van der Waals surface area contributed by atoms with Crippen molar-refractivity contribution < 1.29 is 24.2 Å². The highest BCUT2D eigenvalue weighted by Crippen LogP contribution is 2.47. The van der Waals surface area contributed by atoms with Crippen LogP contribution in [0.3, 0.4) is 0 Å². The molecular formula is C27H34N4O5. The van der Waals surface area contributed by atoms with Crippen molar-refractivity contribution in [2.24, 2.45) is 0 Å². The first-order chi connectivity index (χ1) is 17.6. The number of piperidine rings is 1. The van der Waals surface area contributed by atoms with Crippen molar-refractivity contribution in [3.63, 3.8) is 0 Å². The molecule has 2 aromatic rings. The number of rotatable bonds is 8. The van der Waals surface area contributed by atoms with Gasteiger partial charge in [0.05, 0.1) is 24.7 Å². The summed E-state index contributed by atoms with van der Waals surface area (Å²) >= 11 is 0. The number of benzene rings is 1. The summed E-state index contributed by atoms with van der Waals surface area (Å²) in [5.74, 6) is 0.409. The number of hydrogen-bond donors (Lipinski definition) is 3. The van der Waals surface area contributed by atoms with Crippen LogP contribution in [0.25, 0.3) is 0 Å². The van der Waals surface area contributed by atoms with Gasteiger partial charge in [0.15, 0.2) is 0 Å². The Bertz CT molecular complexity index is 1060. The van der Waals surface area contributed by atoms with Gasteiger partial charge in [-0.1, -0.05) is 6.42 Å². The van der Waals surface area contributed by atoms with Gasteiger partial charge in [-0.05, 0) is 62.7 Å². The monoisotopic (exact) mass is 494 g/mol. The summed E-state index contributed by atoms with van der Waals surface area (Å²) in [6, 6.07) is 8.98.